The fraction of sp³-hybridized carbons (Fsp3) is 0.545. The number of esters is 1. The van der Waals surface area contributed by atoms with Gasteiger partial charge in [0.2, 0.25) is 9.84 Å². The lowest BCUT2D eigenvalue weighted by atomic mass is 9.56. The number of halogens is 2. The van der Waals surface area contributed by atoms with Crippen molar-refractivity contribution in [2.24, 2.45) is 17.8 Å². The SMILES string of the molecule is COC(=O)C[C@H]1CCC[C@@H]1[C@](CN1CCC1)(c1cccc(F)c1)C1CCN(CC2(F)CN(c3ccc(S(=O)(=O)c4ccc(C(=O)NC5COC5)cc4)cc3)C2)CC1. The van der Waals surface area contributed by atoms with Gasteiger partial charge in [0.1, 0.15) is 5.82 Å². The number of methoxy groups -OCH3 is 1. The molecule has 1 saturated carbocycles. The molecule has 0 unspecified atom stereocenters. The van der Waals surface area contributed by atoms with Crippen molar-refractivity contribution in [2.75, 3.05) is 77.6 Å². The molecule has 3 atom stereocenters. The molecule has 306 valence electrons. The second-order valence-electron chi connectivity index (χ2n) is 17.0. The van der Waals surface area contributed by atoms with Crippen molar-refractivity contribution in [3.05, 3.63) is 89.7 Å². The summed E-state index contributed by atoms with van der Waals surface area (Å²) in [5.41, 5.74) is 0.447. The maximum atomic E-state index is 16.3. The number of ether oxygens (including phenoxy) is 2. The molecule has 13 heteroatoms. The predicted molar refractivity (Wildman–Crippen MR) is 212 cm³/mol. The van der Waals surface area contributed by atoms with E-state index in [1.165, 1.54) is 37.4 Å². The van der Waals surface area contributed by atoms with E-state index in [1.54, 1.807) is 30.3 Å². The Labute approximate surface area is 334 Å². The Morgan fingerprint density at radius 1 is 0.895 bits per heavy atom. The van der Waals surface area contributed by atoms with Crippen LogP contribution in [0.3, 0.4) is 0 Å². The zero-order valence-electron chi connectivity index (χ0n) is 32.7. The van der Waals surface area contributed by atoms with Crippen LogP contribution in [0.25, 0.3) is 0 Å². The number of piperidine rings is 1. The van der Waals surface area contributed by atoms with E-state index in [0.29, 0.717) is 31.7 Å². The van der Waals surface area contributed by atoms with Crippen LogP contribution in [0, 0.1) is 23.6 Å². The topological polar surface area (TPSA) is 108 Å². The number of hydrogen-bond donors (Lipinski definition) is 1. The van der Waals surface area contributed by atoms with Crippen LogP contribution in [0.15, 0.2) is 82.6 Å². The molecule has 0 spiro atoms. The van der Waals surface area contributed by atoms with Crippen LogP contribution in [-0.4, -0.2) is 114 Å². The first kappa shape index (κ1) is 39.9. The second kappa shape index (κ2) is 16.4. The van der Waals surface area contributed by atoms with Gasteiger partial charge in [0.05, 0.1) is 49.2 Å². The number of benzene rings is 3. The van der Waals surface area contributed by atoms with Crippen molar-refractivity contribution in [1.82, 2.24) is 15.1 Å². The van der Waals surface area contributed by atoms with Crippen molar-refractivity contribution in [3.63, 3.8) is 0 Å². The number of anilines is 1. The Morgan fingerprint density at radius 2 is 1.58 bits per heavy atom. The van der Waals surface area contributed by atoms with Gasteiger partial charge in [0.15, 0.2) is 5.67 Å². The number of sulfone groups is 1. The number of hydrogen-bond acceptors (Lipinski definition) is 9. The van der Waals surface area contributed by atoms with Crippen molar-refractivity contribution in [2.45, 2.75) is 71.9 Å². The molecule has 4 saturated heterocycles. The molecular formula is C44H54F2N4O6S. The van der Waals surface area contributed by atoms with E-state index in [0.717, 1.165) is 82.5 Å². The van der Waals surface area contributed by atoms with Crippen LogP contribution in [0.2, 0.25) is 0 Å². The summed E-state index contributed by atoms with van der Waals surface area (Å²) in [6.45, 7) is 6.08. The number of alkyl halides is 1. The highest BCUT2D eigenvalue weighted by atomic mass is 32.2. The number of carbonyl (C=O) groups is 2. The maximum Gasteiger partial charge on any atom is 0.305 e. The van der Waals surface area contributed by atoms with Gasteiger partial charge in [-0.2, -0.15) is 0 Å². The minimum atomic E-state index is -3.82. The van der Waals surface area contributed by atoms with Crippen LogP contribution in [0.4, 0.5) is 14.5 Å². The molecule has 5 fully saturated rings. The summed E-state index contributed by atoms with van der Waals surface area (Å²) in [5, 5.41) is 2.85. The average Bonchev–Trinajstić information content (AvgIpc) is 3.63. The number of nitrogens with one attached hydrogen (secondary N) is 1. The molecule has 57 heavy (non-hydrogen) atoms. The van der Waals surface area contributed by atoms with E-state index in [-0.39, 0.29) is 69.8 Å². The molecule has 1 N–H and O–H groups in total. The van der Waals surface area contributed by atoms with Gasteiger partial charge in [0, 0.05) is 36.2 Å². The molecule has 4 aliphatic heterocycles. The molecule has 4 heterocycles. The summed E-state index contributed by atoms with van der Waals surface area (Å²) in [5.74, 6) is -0.0525. The van der Waals surface area contributed by atoms with Gasteiger partial charge < -0.3 is 24.6 Å². The zero-order valence-corrected chi connectivity index (χ0v) is 33.5. The van der Waals surface area contributed by atoms with Gasteiger partial charge in [-0.3, -0.25) is 14.5 Å². The number of carbonyl (C=O) groups excluding carboxylic acids is 2. The Kier molecular flexibility index (Phi) is 11.5. The Balaban J connectivity index is 0.903. The summed E-state index contributed by atoms with van der Waals surface area (Å²) >= 11 is 0. The molecule has 0 bridgehead atoms. The van der Waals surface area contributed by atoms with E-state index in [2.05, 4.69) is 21.2 Å². The number of likely N-dealkylation sites (tertiary alicyclic amines) is 2. The van der Waals surface area contributed by atoms with Gasteiger partial charge in [-0.05, 0) is 142 Å². The standard InChI is InChI=1S/C44H54F2N4O6S/c1-55-41(51)23-32-5-2-8-40(32)44(30-48-19-4-20-48,34-6-3-7-35(45)24-34)33-17-21-49(22-18-33)27-43(46)28-50(29-43)37-11-15-39(16-12-37)57(53,54)38-13-9-31(10-14-38)42(52)47-36-25-56-26-36/h3,6-7,9-16,24,32-33,36,40H,2,4-5,8,17-23,25-30H2,1H3,(H,47,52)/t32-,40+,44+/m1/s1. The first-order valence-electron chi connectivity index (χ1n) is 20.5. The molecule has 10 nitrogen and oxygen atoms in total. The first-order chi connectivity index (χ1) is 27.5. The third-order valence-electron chi connectivity index (χ3n) is 13.5. The fourth-order valence-corrected chi connectivity index (χ4v) is 11.6. The monoisotopic (exact) mass is 804 g/mol. The highest BCUT2D eigenvalue weighted by Gasteiger charge is 2.53. The van der Waals surface area contributed by atoms with Gasteiger partial charge in [-0.15, -0.1) is 0 Å². The van der Waals surface area contributed by atoms with Crippen molar-refractivity contribution in [1.29, 1.82) is 0 Å². The molecule has 1 amide bonds. The third-order valence-corrected chi connectivity index (χ3v) is 15.2. The Hall–Kier alpha value is -3.91. The Morgan fingerprint density at radius 3 is 2.18 bits per heavy atom. The van der Waals surface area contributed by atoms with Crippen LogP contribution in [-0.2, 0) is 29.5 Å². The lowest BCUT2D eigenvalue weighted by Crippen LogP contribution is -2.64. The van der Waals surface area contributed by atoms with Gasteiger partial charge >= 0.3 is 5.97 Å². The van der Waals surface area contributed by atoms with E-state index >= 15 is 8.78 Å². The van der Waals surface area contributed by atoms with Crippen molar-refractivity contribution < 1.29 is 36.3 Å². The summed E-state index contributed by atoms with van der Waals surface area (Å²) < 4.78 is 68.4. The minimum Gasteiger partial charge on any atom is -0.469 e. The highest BCUT2D eigenvalue weighted by Crippen LogP contribution is 2.54. The number of nitrogens with zero attached hydrogens (tertiary/aromatic N) is 3. The quantitative estimate of drug-likeness (QED) is 0.207. The van der Waals surface area contributed by atoms with Crippen LogP contribution in [0.1, 0.15) is 60.9 Å². The molecule has 8 rings (SSSR count). The predicted octanol–water partition coefficient (Wildman–Crippen LogP) is 5.65. The lowest BCUT2D eigenvalue weighted by Gasteiger charge is -2.54. The van der Waals surface area contributed by atoms with Gasteiger partial charge in [0.25, 0.3) is 5.91 Å². The maximum absolute atomic E-state index is 16.3. The van der Waals surface area contributed by atoms with Crippen LogP contribution < -0.4 is 10.2 Å². The van der Waals surface area contributed by atoms with E-state index in [4.69, 9.17) is 9.47 Å². The molecule has 1 aliphatic carbocycles. The summed E-state index contributed by atoms with van der Waals surface area (Å²) in [6, 6.07) is 19.6. The minimum absolute atomic E-state index is 0.0252. The normalized spacial score (nSPS) is 24.2. The molecule has 0 aromatic heterocycles. The molecule has 3 aromatic rings. The summed E-state index contributed by atoms with van der Waals surface area (Å²) in [6.07, 6.45) is 6.26. The highest BCUT2D eigenvalue weighted by molar-refractivity contribution is 7.91. The third kappa shape index (κ3) is 8.22. The Bertz CT molecular complexity index is 2010. The zero-order chi connectivity index (χ0) is 39.8. The van der Waals surface area contributed by atoms with E-state index in [1.807, 2.05) is 11.0 Å². The van der Waals surface area contributed by atoms with E-state index in [9.17, 15) is 18.0 Å². The van der Waals surface area contributed by atoms with Gasteiger partial charge in [-0.1, -0.05) is 18.6 Å². The van der Waals surface area contributed by atoms with Crippen LogP contribution in [0.5, 0.6) is 0 Å². The molecule has 0 radical (unpaired) electrons. The molecular weight excluding hydrogens is 751 g/mol. The largest absolute Gasteiger partial charge is 0.469 e. The van der Waals surface area contributed by atoms with Crippen molar-refractivity contribution in [3.8, 4) is 0 Å². The smallest absolute Gasteiger partial charge is 0.305 e. The second-order valence-corrected chi connectivity index (χ2v) is 19.0. The molecule has 5 aliphatic rings. The van der Waals surface area contributed by atoms with Crippen molar-refractivity contribution >= 4 is 27.4 Å². The lowest BCUT2D eigenvalue weighted by molar-refractivity contribution is -0.142. The fourth-order valence-electron chi connectivity index (χ4n) is 10.3. The average molecular weight is 805 g/mol. The number of rotatable bonds is 14. The van der Waals surface area contributed by atoms with Crippen LogP contribution >= 0.6 is 0 Å². The first-order valence-corrected chi connectivity index (χ1v) is 22.0. The molecule has 3 aromatic carbocycles. The summed E-state index contributed by atoms with van der Waals surface area (Å²) in [7, 11) is -2.37. The number of amides is 1. The van der Waals surface area contributed by atoms with Gasteiger partial charge in [-0.25, -0.2) is 17.2 Å². The summed E-state index contributed by atoms with van der Waals surface area (Å²) in [4.78, 5) is 31.9. The van der Waals surface area contributed by atoms with E-state index < -0.39 is 15.5 Å².